The van der Waals surface area contributed by atoms with E-state index < -0.39 is 12.1 Å². The molecule has 0 saturated carbocycles. The quantitative estimate of drug-likeness (QED) is 0.872. The zero-order valence-electron chi connectivity index (χ0n) is 11.9. The lowest BCUT2D eigenvalue weighted by molar-refractivity contribution is 0.150. The number of nitrogens with two attached hydrogens (primary N) is 1. The Morgan fingerprint density at radius 2 is 2.24 bits per heavy atom. The van der Waals surface area contributed by atoms with Gasteiger partial charge in [0.1, 0.15) is 23.7 Å². The third kappa shape index (κ3) is 2.80. The van der Waals surface area contributed by atoms with E-state index in [9.17, 15) is 4.79 Å². The van der Waals surface area contributed by atoms with Crippen LogP contribution in [0.1, 0.15) is 17.2 Å². The van der Waals surface area contributed by atoms with Crippen LogP contribution in [-0.2, 0) is 4.74 Å². The first-order valence-electron chi connectivity index (χ1n) is 6.34. The number of urea groups is 1. The maximum atomic E-state index is 11.9. The number of amidine groups is 1. The SMILES string of the molecule is COCCN1C(=O)N=C(N)C1c1ccc(OC)c(C#N)c1. The van der Waals surface area contributed by atoms with Crippen molar-refractivity contribution in [3.8, 4) is 11.8 Å². The summed E-state index contributed by atoms with van der Waals surface area (Å²) in [5.41, 5.74) is 6.96. The van der Waals surface area contributed by atoms with Crippen LogP contribution in [0, 0.1) is 11.3 Å². The summed E-state index contributed by atoms with van der Waals surface area (Å²) < 4.78 is 10.1. The zero-order valence-corrected chi connectivity index (χ0v) is 11.9. The number of methoxy groups -OCH3 is 2. The third-order valence-corrected chi connectivity index (χ3v) is 3.26. The molecule has 0 aliphatic carbocycles. The third-order valence-electron chi connectivity index (χ3n) is 3.26. The molecule has 0 radical (unpaired) electrons. The van der Waals surface area contributed by atoms with Crippen molar-refractivity contribution >= 4 is 11.9 Å². The lowest BCUT2D eigenvalue weighted by Crippen LogP contribution is -2.35. The average Bonchev–Trinajstić information content (AvgIpc) is 2.78. The Bertz CT molecular complexity index is 621. The number of aliphatic imine (C=N–C) groups is 1. The fraction of sp³-hybridized carbons (Fsp3) is 0.357. The van der Waals surface area contributed by atoms with Gasteiger partial charge in [0.15, 0.2) is 0 Å². The highest BCUT2D eigenvalue weighted by atomic mass is 16.5. The Balaban J connectivity index is 2.36. The van der Waals surface area contributed by atoms with Crippen LogP contribution >= 0.6 is 0 Å². The largest absolute Gasteiger partial charge is 0.495 e. The number of benzene rings is 1. The van der Waals surface area contributed by atoms with Crippen molar-refractivity contribution < 1.29 is 14.3 Å². The van der Waals surface area contributed by atoms with Crippen LogP contribution in [0.25, 0.3) is 0 Å². The van der Waals surface area contributed by atoms with E-state index in [1.165, 1.54) is 12.0 Å². The standard InChI is InChI=1S/C14H16N4O3/c1-20-6-5-18-12(13(16)17-14(18)19)9-3-4-11(21-2)10(7-9)8-15/h3-4,7,12H,5-6H2,1-2H3,(H2,16,17,19). The molecule has 0 aromatic heterocycles. The molecule has 7 nitrogen and oxygen atoms in total. The van der Waals surface area contributed by atoms with Crippen LogP contribution in [-0.4, -0.2) is 44.1 Å². The van der Waals surface area contributed by atoms with Gasteiger partial charge in [-0.15, -0.1) is 0 Å². The smallest absolute Gasteiger partial charge is 0.346 e. The van der Waals surface area contributed by atoms with Gasteiger partial charge in [-0.3, -0.25) is 0 Å². The Labute approximate surface area is 122 Å². The molecule has 0 saturated heterocycles. The van der Waals surface area contributed by atoms with Crippen LogP contribution in [0.4, 0.5) is 4.79 Å². The minimum atomic E-state index is -0.481. The predicted molar refractivity (Wildman–Crippen MR) is 76.1 cm³/mol. The average molecular weight is 288 g/mol. The van der Waals surface area contributed by atoms with Gasteiger partial charge in [-0.05, 0) is 17.7 Å². The van der Waals surface area contributed by atoms with Crippen LogP contribution in [0.15, 0.2) is 23.2 Å². The number of ether oxygens (including phenoxy) is 2. The lowest BCUT2D eigenvalue weighted by Gasteiger charge is -2.24. The van der Waals surface area contributed by atoms with Gasteiger partial charge in [0.05, 0.1) is 19.3 Å². The second-order valence-corrected chi connectivity index (χ2v) is 4.48. The van der Waals surface area contributed by atoms with Gasteiger partial charge < -0.3 is 20.1 Å². The number of rotatable bonds is 5. The topological polar surface area (TPSA) is 101 Å². The van der Waals surface area contributed by atoms with Crippen molar-refractivity contribution in [2.75, 3.05) is 27.4 Å². The highest BCUT2D eigenvalue weighted by molar-refractivity contribution is 6.03. The summed E-state index contributed by atoms with van der Waals surface area (Å²) in [6.07, 6.45) is 0. The van der Waals surface area contributed by atoms with Crippen molar-refractivity contribution in [1.29, 1.82) is 5.26 Å². The van der Waals surface area contributed by atoms with Crippen LogP contribution in [0.5, 0.6) is 5.75 Å². The van der Waals surface area contributed by atoms with Crippen molar-refractivity contribution in [3.63, 3.8) is 0 Å². The summed E-state index contributed by atoms with van der Waals surface area (Å²) in [7, 11) is 3.05. The Morgan fingerprint density at radius 1 is 1.48 bits per heavy atom. The molecule has 0 fully saturated rings. The Morgan fingerprint density at radius 3 is 2.86 bits per heavy atom. The van der Waals surface area contributed by atoms with Gasteiger partial charge in [-0.2, -0.15) is 10.3 Å². The lowest BCUT2D eigenvalue weighted by atomic mass is 10.0. The molecule has 2 amide bonds. The molecule has 2 rings (SSSR count). The van der Waals surface area contributed by atoms with Crippen molar-refractivity contribution in [2.24, 2.45) is 10.7 Å². The molecule has 1 aromatic carbocycles. The van der Waals surface area contributed by atoms with Gasteiger partial charge in [0.25, 0.3) is 0 Å². The van der Waals surface area contributed by atoms with E-state index in [1.807, 2.05) is 0 Å². The first-order valence-corrected chi connectivity index (χ1v) is 6.34. The van der Waals surface area contributed by atoms with Crippen LogP contribution in [0.3, 0.4) is 0 Å². The number of hydrogen-bond acceptors (Lipinski definition) is 5. The van der Waals surface area contributed by atoms with E-state index >= 15 is 0 Å². The maximum Gasteiger partial charge on any atom is 0.346 e. The number of hydrogen-bond donors (Lipinski definition) is 1. The number of nitriles is 1. The van der Waals surface area contributed by atoms with Gasteiger partial charge in [-0.1, -0.05) is 6.07 Å². The first kappa shape index (κ1) is 14.8. The summed E-state index contributed by atoms with van der Waals surface area (Å²) in [5, 5.41) is 9.15. The molecule has 1 atom stereocenters. The first-order chi connectivity index (χ1) is 10.1. The van der Waals surface area contributed by atoms with Gasteiger partial charge in [0.2, 0.25) is 0 Å². The molecule has 1 unspecified atom stereocenters. The van der Waals surface area contributed by atoms with E-state index in [2.05, 4.69) is 11.1 Å². The van der Waals surface area contributed by atoms with Gasteiger partial charge in [0, 0.05) is 13.7 Å². The molecule has 0 spiro atoms. The van der Waals surface area contributed by atoms with E-state index in [4.69, 9.17) is 20.5 Å². The van der Waals surface area contributed by atoms with Gasteiger partial charge in [-0.25, -0.2) is 4.79 Å². The fourth-order valence-electron chi connectivity index (χ4n) is 2.25. The zero-order chi connectivity index (χ0) is 15.4. The van der Waals surface area contributed by atoms with Crippen molar-refractivity contribution in [1.82, 2.24) is 4.90 Å². The molecule has 110 valence electrons. The second-order valence-electron chi connectivity index (χ2n) is 4.48. The summed E-state index contributed by atoms with van der Waals surface area (Å²) in [6.45, 7) is 0.754. The predicted octanol–water partition coefficient (Wildman–Crippen LogP) is 1.05. The molecule has 21 heavy (non-hydrogen) atoms. The summed E-state index contributed by atoms with van der Waals surface area (Å²) in [5.74, 6) is 0.690. The number of nitrogens with zero attached hydrogens (tertiary/aromatic N) is 3. The highest BCUT2D eigenvalue weighted by Crippen LogP contribution is 2.29. The van der Waals surface area contributed by atoms with Crippen molar-refractivity contribution in [3.05, 3.63) is 29.3 Å². The van der Waals surface area contributed by atoms with E-state index in [0.29, 0.717) is 24.5 Å². The minimum Gasteiger partial charge on any atom is -0.495 e. The van der Waals surface area contributed by atoms with E-state index in [1.54, 1.807) is 25.3 Å². The van der Waals surface area contributed by atoms with E-state index in [0.717, 1.165) is 5.56 Å². The van der Waals surface area contributed by atoms with Crippen LogP contribution in [0.2, 0.25) is 0 Å². The monoisotopic (exact) mass is 288 g/mol. The number of carbonyl (C=O) groups is 1. The van der Waals surface area contributed by atoms with E-state index in [-0.39, 0.29) is 5.84 Å². The minimum absolute atomic E-state index is 0.213. The Hall–Kier alpha value is -2.59. The summed E-state index contributed by atoms with van der Waals surface area (Å²) in [6, 6.07) is 6.29. The second kappa shape index (κ2) is 6.24. The molecule has 0 bridgehead atoms. The molecule has 1 heterocycles. The molecule has 7 heteroatoms. The molecular formula is C14H16N4O3. The van der Waals surface area contributed by atoms with Crippen LogP contribution < -0.4 is 10.5 Å². The summed E-state index contributed by atoms with van der Waals surface area (Å²) in [4.78, 5) is 17.2. The summed E-state index contributed by atoms with van der Waals surface area (Å²) >= 11 is 0. The molecule has 2 N–H and O–H groups in total. The normalized spacial score (nSPS) is 17.6. The number of carbonyl (C=O) groups excluding carboxylic acids is 1. The molecular weight excluding hydrogens is 272 g/mol. The number of amides is 2. The highest BCUT2D eigenvalue weighted by Gasteiger charge is 2.34. The molecule has 1 aliphatic heterocycles. The maximum absolute atomic E-state index is 11.9. The van der Waals surface area contributed by atoms with Crippen molar-refractivity contribution in [2.45, 2.75) is 6.04 Å². The fourth-order valence-corrected chi connectivity index (χ4v) is 2.25. The molecule has 1 aromatic rings. The molecule has 1 aliphatic rings. The Kier molecular flexibility index (Phi) is 4.40. The van der Waals surface area contributed by atoms with Gasteiger partial charge >= 0.3 is 6.03 Å².